The lowest BCUT2D eigenvalue weighted by molar-refractivity contribution is -0.0508. The first kappa shape index (κ1) is 18.9. The Morgan fingerprint density at radius 2 is 1.93 bits per heavy atom. The monoisotopic (exact) mass is 403 g/mol. The van der Waals surface area contributed by atoms with Crippen LogP contribution in [-0.2, 0) is 0 Å². The molecule has 1 aromatic heterocycles. The minimum absolute atomic E-state index is 0.292. The summed E-state index contributed by atoms with van der Waals surface area (Å²) >= 11 is 0. The fourth-order valence-corrected chi connectivity index (χ4v) is 5.64. The van der Waals surface area contributed by atoms with Crippen molar-refractivity contribution in [2.24, 2.45) is 5.41 Å². The van der Waals surface area contributed by atoms with E-state index in [2.05, 4.69) is 14.8 Å². The zero-order valence-electron chi connectivity index (χ0n) is 16.5. The second kappa shape index (κ2) is 7.59. The average Bonchev–Trinajstić information content (AvgIpc) is 3.37. The minimum Gasteiger partial charge on any atom is -0.435 e. The molecule has 5 nitrogen and oxygen atoms in total. The highest BCUT2D eigenvalue weighted by atomic mass is 19.3. The summed E-state index contributed by atoms with van der Waals surface area (Å²) in [4.78, 5) is 9.11. The van der Waals surface area contributed by atoms with E-state index in [9.17, 15) is 8.78 Å². The molecule has 0 unspecified atom stereocenters. The number of aromatic nitrogens is 1. The van der Waals surface area contributed by atoms with Crippen LogP contribution >= 0.6 is 0 Å². The van der Waals surface area contributed by atoms with Gasteiger partial charge in [-0.3, -0.25) is 0 Å². The summed E-state index contributed by atoms with van der Waals surface area (Å²) in [5.41, 5.74) is 1.34. The fraction of sp³-hybridized carbons (Fsp3) is 0.591. The third kappa shape index (κ3) is 3.72. The van der Waals surface area contributed by atoms with E-state index in [0.29, 0.717) is 23.1 Å². The Balaban J connectivity index is 1.15. The Morgan fingerprint density at radius 3 is 2.66 bits per heavy atom. The number of benzene rings is 1. The lowest BCUT2D eigenvalue weighted by Gasteiger charge is -2.48. The zero-order valence-corrected chi connectivity index (χ0v) is 16.5. The molecule has 1 atom stereocenters. The zero-order chi connectivity index (χ0) is 19.8. The van der Waals surface area contributed by atoms with Gasteiger partial charge in [-0.15, -0.1) is 0 Å². The Bertz CT molecular complexity index is 815. The molecule has 2 saturated heterocycles. The summed E-state index contributed by atoms with van der Waals surface area (Å²) in [5, 5.41) is 0. The summed E-state index contributed by atoms with van der Waals surface area (Å²) in [6, 6.07) is 8.64. The van der Waals surface area contributed by atoms with Crippen molar-refractivity contribution in [1.29, 1.82) is 0 Å². The maximum atomic E-state index is 12.7. The minimum atomic E-state index is -2.77. The van der Waals surface area contributed by atoms with Gasteiger partial charge in [0.1, 0.15) is 12.0 Å². The van der Waals surface area contributed by atoms with Crippen molar-refractivity contribution >= 4 is 6.01 Å². The summed E-state index contributed by atoms with van der Waals surface area (Å²) in [6.45, 7) is 1.36. The van der Waals surface area contributed by atoms with E-state index in [1.807, 2.05) is 12.1 Å². The number of hydrogen-bond acceptors (Lipinski definition) is 5. The van der Waals surface area contributed by atoms with Gasteiger partial charge >= 0.3 is 6.61 Å². The molecule has 2 aliphatic heterocycles. The number of likely N-dealkylation sites (tertiary alicyclic amines) is 1. The van der Waals surface area contributed by atoms with Gasteiger partial charge in [-0.2, -0.15) is 8.78 Å². The number of piperidine rings is 1. The standard InChI is InChI=1S/C22H27F2N3O2/c23-20(24)29-19-4-2-1-3-18(19)16-6-10-26(11-7-16)17-5-8-22(13-17)14-27(15-22)21-25-9-12-28-21/h1-4,9,12,16-17,20H,5-8,10-11,13-15H2/t17-/m0/s1. The molecule has 1 spiro atoms. The van der Waals surface area contributed by atoms with Crippen LogP contribution in [0.5, 0.6) is 5.75 Å². The maximum absolute atomic E-state index is 12.7. The molecule has 156 valence electrons. The van der Waals surface area contributed by atoms with Crippen LogP contribution in [0.25, 0.3) is 0 Å². The smallest absolute Gasteiger partial charge is 0.387 e. The van der Waals surface area contributed by atoms with E-state index < -0.39 is 6.61 Å². The molecule has 0 N–H and O–H groups in total. The van der Waals surface area contributed by atoms with Crippen LogP contribution in [0.2, 0.25) is 0 Å². The first-order valence-corrected chi connectivity index (χ1v) is 10.5. The molecule has 29 heavy (non-hydrogen) atoms. The van der Waals surface area contributed by atoms with Crippen molar-refractivity contribution < 1.29 is 17.9 Å². The number of para-hydroxylation sites is 1. The Morgan fingerprint density at radius 1 is 1.14 bits per heavy atom. The number of anilines is 1. The molecule has 5 rings (SSSR count). The van der Waals surface area contributed by atoms with Crippen molar-refractivity contribution in [3.8, 4) is 5.75 Å². The number of hydrogen-bond donors (Lipinski definition) is 0. The molecule has 0 amide bonds. The molecule has 1 aliphatic carbocycles. The van der Waals surface area contributed by atoms with Crippen molar-refractivity contribution in [2.45, 2.75) is 50.7 Å². The van der Waals surface area contributed by atoms with E-state index in [1.165, 1.54) is 19.3 Å². The van der Waals surface area contributed by atoms with Crippen LogP contribution in [0.3, 0.4) is 0 Å². The van der Waals surface area contributed by atoms with E-state index in [-0.39, 0.29) is 0 Å². The predicted octanol–water partition coefficient (Wildman–Crippen LogP) is 4.51. The van der Waals surface area contributed by atoms with Gasteiger partial charge in [0.2, 0.25) is 0 Å². The predicted molar refractivity (Wildman–Crippen MR) is 105 cm³/mol. The molecule has 3 fully saturated rings. The topological polar surface area (TPSA) is 41.7 Å². The molecule has 3 heterocycles. The second-order valence-electron chi connectivity index (χ2n) is 8.79. The number of alkyl halides is 2. The van der Waals surface area contributed by atoms with Gasteiger partial charge in [0, 0.05) is 24.5 Å². The van der Waals surface area contributed by atoms with Crippen LogP contribution in [0.4, 0.5) is 14.8 Å². The molecular weight excluding hydrogens is 376 g/mol. The summed E-state index contributed by atoms with van der Waals surface area (Å²) in [7, 11) is 0. The van der Waals surface area contributed by atoms with Crippen molar-refractivity contribution in [2.75, 3.05) is 31.1 Å². The van der Waals surface area contributed by atoms with Gasteiger partial charge in [-0.05, 0) is 62.7 Å². The SMILES string of the molecule is FC(F)Oc1ccccc1C1CCN([C@H]2CCC3(C2)CN(c2ncco2)C3)CC1. The Kier molecular flexibility index (Phi) is 4.94. The Labute approximate surface area is 169 Å². The molecule has 0 radical (unpaired) electrons. The van der Waals surface area contributed by atoms with E-state index >= 15 is 0 Å². The van der Waals surface area contributed by atoms with Gasteiger partial charge in [0.05, 0.1) is 6.20 Å². The largest absolute Gasteiger partial charge is 0.435 e. The number of ether oxygens (including phenoxy) is 1. The summed E-state index contributed by atoms with van der Waals surface area (Å²) in [5.74, 6) is 0.627. The first-order chi connectivity index (χ1) is 14.1. The molecule has 7 heteroatoms. The fourth-order valence-electron chi connectivity index (χ4n) is 5.64. The van der Waals surface area contributed by atoms with E-state index in [4.69, 9.17) is 9.15 Å². The van der Waals surface area contributed by atoms with Gasteiger partial charge in [0.25, 0.3) is 6.01 Å². The van der Waals surface area contributed by atoms with Crippen molar-refractivity contribution in [3.63, 3.8) is 0 Å². The second-order valence-corrected chi connectivity index (χ2v) is 8.79. The third-order valence-electron chi connectivity index (χ3n) is 7.04. The lowest BCUT2D eigenvalue weighted by Crippen LogP contribution is -2.56. The highest BCUT2D eigenvalue weighted by Crippen LogP contribution is 2.49. The van der Waals surface area contributed by atoms with Crippen LogP contribution in [0.1, 0.15) is 43.6 Å². The quantitative estimate of drug-likeness (QED) is 0.735. The van der Waals surface area contributed by atoms with Gasteiger partial charge in [0.15, 0.2) is 0 Å². The van der Waals surface area contributed by atoms with Crippen LogP contribution in [0.15, 0.2) is 41.1 Å². The highest BCUT2D eigenvalue weighted by Gasteiger charge is 2.50. The molecule has 2 aromatic rings. The van der Waals surface area contributed by atoms with Gasteiger partial charge < -0.3 is 19.0 Å². The number of nitrogens with zero attached hydrogens (tertiary/aromatic N) is 3. The van der Waals surface area contributed by atoms with Gasteiger partial charge in [-0.25, -0.2) is 4.98 Å². The Hall–Kier alpha value is -2.15. The van der Waals surface area contributed by atoms with Gasteiger partial charge in [-0.1, -0.05) is 18.2 Å². The van der Waals surface area contributed by atoms with Crippen molar-refractivity contribution in [1.82, 2.24) is 9.88 Å². The van der Waals surface area contributed by atoms with Crippen LogP contribution < -0.4 is 9.64 Å². The molecule has 1 saturated carbocycles. The van der Waals surface area contributed by atoms with E-state index in [1.54, 1.807) is 24.6 Å². The molecule has 0 bridgehead atoms. The average molecular weight is 403 g/mol. The highest BCUT2D eigenvalue weighted by molar-refractivity contribution is 5.37. The third-order valence-corrected chi connectivity index (χ3v) is 7.04. The normalized spacial score (nSPS) is 24.9. The number of rotatable bonds is 5. The van der Waals surface area contributed by atoms with Crippen molar-refractivity contribution in [3.05, 3.63) is 42.3 Å². The first-order valence-electron chi connectivity index (χ1n) is 10.5. The summed E-state index contributed by atoms with van der Waals surface area (Å²) in [6.07, 6.45) is 9.07. The molecule has 1 aromatic carbocycles. The summed E-state index contributed by atoms with van der Waals surface area (Å²) < 4.78 is 35.6. The van der Waals surface area contributed by atoms with Crippen LogP contribution in [-0.4, -0.2) is 48.7 Å². The van der Waals surface area contributed by atoms with E-state index in [0.717, 1.165) is 50.6 Å². The molecule has 3 aliphatic rings. The number of halogens is 2. The van der Waals surface area contributed by atoms with Crippen LogP contribution in [0, 0.1) is 5.41 Å². The molecular formula is C22H27F2N3O2. The number of oxazole rings is 1. The maximum Gasteiger partial charge on any atom is 0.387 e. The lowest BCUT2D eigenvalue weighted by atomic mass is 9.78.